The summed E-state index contributed by atoms with van der Waals surface area (Å²) < 4.78 is 0. The molecule has 0 atom stereocenters. The first-order valence-electron chi connectivity index (χ1n) is 4.48. The highest BCUT2D eigenvalue weighted by Crippen LogP contribution is 2.01. The van der Waals surface area contributed by atoms with E-state index in [0.717, 1.165) is 18.3 Å². The molecule has 66 valence electrons. The molecule has 1 fully saturated rings. The summed E-state index contributed by atoms with van der Waals surface area (Å²) in [5.74, 6) is 0.998. The predicted molar refractivity (Wildman–Crippen MR) is 52.4 cm³/mol. The van der Waals surface area contributed by atoms with Crippen molar-refractivity contribution >= 4 is 12.6 Å². The van der Waals surface area contributed by atoms with Crippen LogP contribution in [0.3, 0.4) is 0 Å². The van der Waals surface area contributed by atoms with Crippen LogP contribution in [0.4, 0.5) is 0 Å². The van der Waals surface area contributed by atoms with Gasteiger partial charge in [0.2, 0.25) is 0 Å². The van der Waals surface area contributed by atoms with E-state index in [-0.39, 0.29) is 0 Å². The maximum absolute atomic E-state index is 4.17. The molecule has 0 unspecified atom stereocenters. The summed E-state index contributed by atoms with van der Waals surface area (Å²) in [5.41, 5.74) is 0. The molecule has 0 aromatic rings. The smallest absolute Gasteiger partial charge is 0.00912 e. The summed E-state index contributed by atoms with van der Waals surface area (Å²) >= 11 is 4.17. The van der Waals surface area contributed by atoms with Crippen molar-refractivity contribution in [1.82, 2.24) is 10.6 Å². The van der Waals surface area contributed by atoms with E-state index >= 15 is 0 Å². The predicted octanol–water partition coefficient (Wildman–Crippen LogP) is 0.648. The maximum Gasteiger partial charge on any atom is 0.00912 e. The fourth-order valence-electron chi connectivity index (χ4n) is 1.41. The van der Waals surface area contributed by atoms with Crippen LogP contribution in [0.2, 0.25) is 0 Å². The summed E-state index contributed by atoms with van der Waals surface area (Å²) in [6.45, 7) is 3.49. The summed E-state index contributed by atoms with van der Waals surface area (Å²) in [4.78, 5) is 0. The normalized spacial score (nSPS) is 20.5. The van der Waals surface area contributed by atoms with Crippen molar-refractivity contribution in [1.29, 1.82) is 0 Å². The highest BCUT2D eigenvalue weighted by molar-refractivity contribution is 7.80. The lowest BCUT2D eigenvalue weighted by Gasteiger charge is -2.23. The number of hydrogen-bond acceptors (Lipinski definition) is 3. The summed E-state index contributed by atoms with van der Waals surface area (Å²) in [6, 6.07) is 0.760. The second kappa shape index (κ2) is 5.86. The first-order chi connectivity index (χ1) is 5.43. The van der Waals surface area contributed by atoms with Gasteiger partial charge >= 0.3 is 0 Å². The number of piperidine rings is 1. The first-order valence-corrected chi connectivity index (χ1v) is 5.11. The monoisotopic (exact) mass is 174 g/mol. The fourth-order valence-corrected chi connectivity index (χ4v) is 1.57. The Labute approximate surface area is 74.5 Å². The van der Waals surface area contributed by atoms with Gasteiger partial charge < -0.3 is 10.6 Å². The molecule has 0 aromatic carbocycles. The zero-order chi connectivity index (χ0) is 7.94. The van der Waals surface area contributed by atoms with Gasteiger partial charge in [-0.2, -0.15) is 12.6 Å². The molecule has 0 amide bonds. The molecule has 0 saturated carbocycles. The van der Waals surface area contributed by atoms with Gasteiger partial charge in [-0.15, -0.1) is 0 Å². The van der Waals surface area contributed by atoms with Gasteiger partial charge in [0.15, 0.2) is 0 Å². The van der Waals surface area contributed by atoms with Crippen molar-refractivity contribution in [2.75, 3.05) is 25.4 Å². The number of thiol groups is 1. The third-order valence-electron chi connectivity index (χ3n) is 2.11. The lowest BCUT2D eigenvalue weighted by atomic mass is 10.1. The van der Waals surface area contributed by atoms with Gasteiger partial charge in [0, 0.05) is 6.04 Å². The molecule has 11 heavy (non-hydrogen) atoms. The Balaban J connectivity index is 1.96. The van der Waals surface area contributed by atoms with E-state index in [1.807, 2.05) is 0 Å². The number of rotatable bonds is 4. The average molecular weight is 174 g/mol. The average Bonchev–Trinajstić information content (AvgIpc) is 2.07. The topological polar surface area (TPSA) is 24.1 Å². The molecule has 3 heteroatoms. The van der Waals surface area contributed by atoms with Crippen LogP contribution in [0.5, 0.6) is 0 Å². The van der Waals surface area contributed by atoms with Crippen LogP contribution >= 0.6 is 12.6 Å². The van der Waals surface area contributed by atoms with E-state index in [0.29, 0.717) is 0 Å². The zero-order valence-electron chi connectivity index (χ0n) is 6.97. The highest BCUT2D eigenvalue weighted by atomic mass is 32.1. The van der Waals surface area contributed by atoms with Crippen molar-refractivity contribution in [2.24, 2.45) is 0 Å². The highest BCUT2D eigenvalue weighted by Gasteiger charge is 2.10. The fraction of sp³-hybridized carbons (Fsp3) is 1.00. The third kappa shape index (κ3) is 3.99. The van der Waals surface area contributed by atoms with Crippen LogP contribution < -0.4 is 10.6 Å². The first kappa shape index (κ1) is 9.36. The van der Waals surface area contributed by atoms with Gasteiger partial charge in [0.25, 0.3) is 0 Å². The Morgan fingerprint density at radius 2 is 2.09 bits per heavy atom. The molecule has 1 aliphatic rings. The minimum atomic E-state index is 0.760. The molecule has 0 bridgehead atoms. The van der Waals surface area contributed by atoms with Crippen LogP contribution in [0, 0.1) is 0 Å². The summed E-state index contributed by atoms with van der Waals surface area (Å²) in [6.07, 6.45) is 3.76. The van der Waals surface area contributed by atoms with Crippen LogP contribution in [0.25, 0.3) is 0 Å². The van der Waals surface area contributed by atoms with Crippen LogP contribution in [0.15, 0.2) is 0 Å². The molecule has 0 aliphatic carbocycles. The van der Waals surface area contributed by atoms with E-state index in [1.165, 1.54) is 32.4 Å². The van der Waals surface area contributed by atoms with Gasteiger partial charge in [-0.1, -0.05) is 0 Å². The van der Waals surface area contributed by atoms with Crippen molar-refractivity contribution in [3.63, 3.8) is 0 Å². The quantitative estimate of drug-likeness (QED) is 0.430. The Kier molecular flexibility index (Phi) is 4.99. The van der Waals surface area contributed by atoms with E-state index in [4.69, 9.17) is 0 Å². The molecule has 2 N–H and O–H groups in total. The lowest BCUT2D eigenvalue weighted by Crippen LogP contribution is -2.40. The molecule has 0 radical (unpaired) electrons. The van der Waals surface area contributed by atoms with Gasteiger partial charge in [-0.05, 0) is 44.6 Å². The van der Waals surface area contributed by atoms with E-state index < -0.39 is 0 Å². The largest absolute Gasteiger partial charge is 0.317 e. The Morgan fingerprint density at radius 1 is 1.36 bits per heavy atom. The van der Waals surface area contributed by atoms with Gasteiger partial charge in [-0.25, -0.2) is 0 Å². The second-order valence-electron chi connectivity index (χ2n) is 3.06. The van der Waals surface area contributed by atoms with Crippen LogP contribution in [-0.4, -0.2) is 31.4 Å². The summed E-state index contributed by atoms with van der Waals surface area (Å²) in [7, 11) is 0. The van der Waals surface area contributed by atoms with Crippen molar-refractivity contribution in [3.05, 3.63) is 0 Å². The molecule has 2 nitrogen and oxygen atoms in total. The summed E-state index contributed by atoms with van der Waals surface area (Å²) in [5, 5.41) is 6.88. The Hall–Kier alpha value is 0.270. The lowest BCUT2D eigenvalue weighted by molar-refractivity contribution is 0.389. The molecule has 0 aromatic heterocycles. The molecule has 1 aliphatic heterocycles. The number of hydrogen-bond donors (Lipinski definition) is 3. The maximum atomic E-state index is 4.17. The molecule has 1 rings (SSSR count). The molecular formula is C8H18N2S. The standard InChI is InChI=1S/C8H18N2S/c11-7-1-4-10-8-2-5-9-6-3-8/h8-11H,1-7H2. The van der Waals surface area contributed by atoms with Crippen LogP contribution in [0.1, 0.15) is 19.3 Å². The molecule has 1 heterocycles. The molecule has 1 saturated heterocycles. The Bertz CT molecular complexity index is 92.1. The van der Waals surface area contributed by atoms with Gasteiger partial charge in [0.1, 0.15) is 0 Å². The Morgan fingerprint density at radius 3 is 2.73 bits per heavy atom. The van der Waals surface area contributed by atoms with E-state index in [1.54, 1.807) is 0 Å². The minimum Gasteiger partial charge on any atom is -0.317 e. The van der Waals surface area contributed by atoms with Crippen molar-refractivity contribution < 1.29 is 0 Å². The SMILES string of the molecule is SCCCNC1CCNCC1. The molecular weight excluding hydrogens is 156 g/mol. The molecule has 0 spiro atoms. The second-order valence-corrected chi connectivity index (χ2v) is 3.50. The third-order valence-corrected chi connectivity index (χ3v) is 2.42. The minimum absolute atomic E-state index is 0.760. The van der Waals surface area contributed by atoms with Crippen molar-refractivity contribution in [3.8, 4) is 0 Å². The number of nitrogens with one attached hydrogen (secondary N) is 2. The van der Waals surface area contributed by atoms with Gasteiger partial charge in [0.05, 0.1) is 0 Å². The van der Waals surface area contributed by atoms with E-state index in [9.17, 15) is 0 Å². The van der Waals surface area contributed by atoms with Crippen LogP contribution in [-0.2, 0) is 0 Å². The van der Waals surface area contributed by atoms with Crippen molar-refractivity contribution in [2.45, 2.75) is 25.3 Å². The van der Waals surface area contributed by atoms with E-state index in [2.05, 4.69) is 23.3 Å². The van der Waals surface area contributed by atoms with Gasteiger partial charge in [-0.3, -0.25) is 0 Å². The zero-order valence-corrected chi connectivity index (χ0v) is 7.87.